The van der Waals surface area contributed by atoms with Crippen molar-refractivity contribution in [2.45, 2.75) is 64.4 Å². The molecule has 0 bridgehead atoms. The second-order valence-corrected chi connectivity index (χ2v) is 5.62. The Balaban J connectivity index is 1.86. The Morgan fingerprint density at radius 3 is 2.83 bits per heavy atom. The van der Waals surface area contributed by atoms with Gasteiger partial charge in [-0.1, -0.05) is 24.4 Å². The predicted octanol–water partition coefficient (Wildman–Crippen LogP) is 3.05. The summed E-state index contributed by atoms with van der Waals surface area (Å²) in [5.74, 6) is 0.378. The first kappa shape index (κ1) is 13.4. The van der Waals surface area contributed by atoms with E-state index in [-0.39, 0.29) is 5.97 Å². The maximum atomic E-state index is 11.5. The summed E-state index contributed by atoms with van der Waals surface area (Å²) in [6.07, 6.45) is 7.42. The zero-order chi connectivity index (χ0) is 13.0. The van der Waals surface area contributed by atoms with Gasteiger partial charge in [-0.05, 0) is 26.7 Å². The van der Waals surface area contributed by atoms with Crippen molar-refractivity contribution >= 4 is 11.7 Å². The maximum Gasteiger partial charge on any atom is 0.309 e. The van der Waals surface area contributed by atoms with E-state index in [0.29, 0.717) is 18.9 Å². The summed E-state index contributed by atoms with van der Waals surface area (Å²) >= 11 is 0. The molecule has 1 saturated carbocycles. The average molecular weight is 253 g/mol. The molecule has 0 saturated heterocycles. The molecule has 0 amide bonds. The third-order valence-electron chi connectivity index (χ3n) is 3.84. The molecule has 4 heteroatoms. The SMILES string of the molecule is CCOC(=O)CC1(C)CC(C2CCCCC2)=NO1. The minimum atomic E-state index is -0.487. The van der Waals surface area contributed by atoms with Gasteiger partial charge in [0.2, 0.25) is 0 Å². The molecule has 0 aromatic rings. The Hall–Kier alpha value is -1.06. The number of hydrogen-bond donors (Lipinski definition) is 0. The fraction of sp³-hybridized carbons (Fsp3) is 0.857. The van der Waals surface area contributed by atoms with E-state index < -0.39 is 5.60 Å². The molecule has 0 aromatic heterocycles. The number of rotatable bonds is 4. The van der Waals surface area contributed by atoms with Crippen LogP contribution in [-0.4, -0.2) is 23.9 Å². The van der Waals surface area contributed by atoms with Crippen molar-refractivity contribution in [2.24, 2.45) is 11.1 Å². The minimum absolute atomic E-state index is 0.194. The van der Waals surface area contributed by atoms with E-state index in [0.717, 1.165) is 12.1 Å². The van der Waals surface area contributed by atoms with Gasteiger partial charge in [0, 0.05) is 12.3 Å². The normalized spacial score (nSPS) is 28.7. The molecule has 1 unspecified atom stereocenters. The van der Waals surface area contributed by atoms with Crippen molar-refractivity contribution in [3.63, 3.8) is 0 Å². The first-order valence-corrected chi connectivity index (χ1v) is 7.03. The van der Waals surface area contributed by atoms with Gasteiger partial charge in [0.1, 0.15) is 0 Å². The second-order valence-electron chi connectivity index (χ2n) is 5.62. The summed E-state index contributed by atoms with van der Waals surface area (Å²) in [5, 5.41) is 4.23. The van der Waals surface area contributed by atoms with Gasteiger partial charge in [0.25, 0.3) is 0 Å². The Labute approximate surface area is 109 Å². The molecule has 102 valence electrons. The quantitative estimate of drug-likeness (QED) is 0.723. The van der Waals surface area contributed by atoms with E-state index in [1.165, 1.54) is 32.1 Å². The van der Waals surface area contributed by atoms with Gasteiger partial charge in [-0.15, -0.1) is 0 Å². The number of hydrogen-bond acceptors (Lipinski definition) is 4. The zero-order valence-corrected chi connectivity index (χ0v) is 11.4. The van der Waals surface area contributed by atoms with E-state index in [9.17, 15) is 4.79 Å². The predicted molar refractivity (Wildman–Crippen MR) is 69.4 cm³/mol. The lowest BCUT2D eigenvalue weighted by atomic mass is 9.82. The summed E-state index contributed by atoms with van der Waals surface area (Å²) in [7, 11) is 0. The second kappa shape index (κ2) is 5.72. The van der Waals surface area contributed by atoms with Crippen LogP contribution in [0.25, 0.3) is 0 Å². The summed E-state index contributed by atoms with van der Waals surface area (Å²) < 4.78 is 4.98. The average Bonchev–Trinajstić information content (AvgIpc) is 2.73. The van der Waals surface area contributed by atoms with Crippen LogP contribution >= 0.6 is 0 Å². The highest BCUT2D eigenvalue weighted by Crippen LogP contribution is 2.34. The van der Waals surface area contributed by atoms with Crippen molar-refractivity contribution in [3.8, 4) is 0 Å². The molecule has 2 aliphatic rings. The molecule has 0 spiro atoms. The number of nitrogens with zero attached hydrogens (tertiary/aromatic N) is 1. The van der Waals surface area contributed by atoms with E-state index in [4.69, 9.17) is 9.57 Å². The van der Waals surface area contributed by atoms with Crippen LogP contribution in [0.3, 0.4) is 0 Å². The maximum absolute atomic E-state index is 11.5. The molecule has 2 rings (SSSR count). The highest BCUT2D eigenvalue weighted by molar-refractivity contribution is 5.89. The standard InChI is InChI=1S/C14H23NO3/c1-3-17-13(16)10-14(2)9-12(15-18-14)11-7-5-4-6-8-11/h11H,3-10H2,1-2H3. The van der Waals surface area contributed by atoms with Crippen LogP contribution in [0.4, 0.5) is 0 Å². The number of carbonyl (C=O) groups excluding carboxylic acids is 1. The van der Waals surface area contributed by atoms with Gasteiger partial charge in [-0.25, -0.2) is 0 Å². The summed E-state index contributed by atoms with van der Waals surface area (Å²) in [5.41, 5.74) is 0.667. The van der Waals surface area contributed by atoms with Gasteiger partial charge in [0.05, 0.1) is 18.7 Å². The van der Waals surface area contributed by atoms with Crippen molar-refractivity contribution < 1.29 is 14.4 Å². The van der Waals surface area contributed by atoms with Crippen molar-refractivity contribution in [1.82, 2.24) is 0 Å². The molecule has 1 atom stereocenters. The van der Waals surface area contributed by atoms with Gasteiger partial charge >= 0.3 is 5.97 Å². The molecule has 4 nitrogen and oxygen atoms in total. The summed E-state index contributed by atoms with van der Waals surface area (Å²) in [4.78, 5) is 17.0. The topological polar surface area (TPSA) is 47.9 Å². The summed E-state index contributed by atoms with van der Waals surface area (Å²) in [6.45, 7) is 4.19. The van der Waals surface area contributed by atoms with E-state index >= 15 is 0 Å². The highest BCUT2D eigenvalue weighted by atomic mass is 16.7. The molecule has 1 aliphatic heterocycles. The molecule has 0 N–H and O–H groups in total. The largest absolute Gasteiger partial charge is 0.466 e. The lowest BCUT2D eigenvalue weighted by Crippen LogP contribution is -2.30. The van der Waals surface area contributed by atoms with Crippen molar-refractivity contribution in [1.29, 1.82) is 0 Å². The minimum Gasteiger partial charge on any atom is -0.466 e. The van der Waals surface area contributed by atoms with E-state index in [2.05, 4.69) is 5.16 Å². The van der Waals surface area contributed by atoms with Crippen LogP contribution in [0, 0.1) is 5.92 Å². The Bertz CT molecular complexity index is 334. The van der Waals surface area contributed by atoms with Gasteiger partial charge in [-0.3, -0.25) is 4.79 Å². The van der Waals surface area contributed by atoms with E-state index in [1.807, 2.05) is 13.8 Å². The zero-order valence-electron chi connectivity index (χ0n) is 11.4. The third kappa shape index (κ3) is 3.24. The Morgan fingerprint density at radius 2 is 2.17 bits per heavy atom. The highest BCUT2D eigenvalue weighted by Gasteiger charge is 2.39. The molecule has 1 fully saturated rings. The third-order valence-corrected chi connectivity index (χ3v) is 3.84. The van der Waals surface area contributed by atoms with Crippen LogP contribution in [0.1, 0.15) is 58.8 Å². The van der Waals surface area contributed by atoms with Crippen LogP contribution in [-0.2, 0) is 14.4 Å². The van der Waals surface area contributed by atoms with Crippen LogP contribution in [0.15, 0.2) is 5.16 Å². The fourth-order valence-corrected chi connectivity index (χ4v) is 2.88. The number of esters is 1. The Kier molecular flexibility index (Phi) is 4.25. The monoisotopic (exact) mass is 253 g/mol. The number of oxime groups is 1. The Morgan fingerprint density at radius 1 is 1.44 bits per heavy atom. The molecule has 0 radical (unpaired) electrons. The van der Waals surface area contributed by atoms with Gasteiger partial charge < -0.3 is 9.57 Å². The lowest BCUT2D eigenvalue weighted by Gasteiger charge is -2.23. The van der Waals surface area contributed by atoms with Crippen molar-refractivity contribution in [2.75, 3.05) is 6.61 Å². The smallest absolute Gasteiger partial charge is 0.309 e. The molecule has 1 aliphatic carbocycles. The lowest BCUT2D eigenvalue weighted by molar-refractivity contribution is -0.149. The van der Waals surface area contributed by atoms with Crippen LogP contribution in [0.2, 0.25) is 0 Å². The summed E-state index contributed by atoms with van der Waals surface area (Å²) in [6, 6.07) is 0. The van der Waals surface area contributed by atoms with E-state index in [1.54, 1.807) is 0 Å². The molecular weight excluding hydrogens is 230 g/mol. The first-order valence-electron chi connectivity index (χ1n) is 7.03. The molecule has 1 heterocycles. The van der Waals surface area contributed by atoms with Gasteiger partial charge in [0.15, 0.2) is 5.60 Å². The molecule has 18 heavy (non-hydrogen) atoms. The number of carbonyl (C=O) groups is 1. The fourth-order valence-electron chi connectivity index (χ4n) is 2.88. The van der Waals surface area contributed by atoms with Gasteiger partial charge in [-0.2, -0.15) is 0 Å². The van der Waals surface area contributed by atoms with Crippen LogP contribution in [0.5, 0.6) is 0 Å². The molecular formula is C14H23NO3. The first-order chi connectivity index (χ1) is 8.63. The van der Waals surface area contributed by atoms with Crippen molar-refractivity contribution in [3.05, 3.63) is 0 Å². The molecule has 0 aromatic carbocycles. The number of ether oxygens (including phenoxy) is 1. The van der Waals surface area contributed by atoms with Crippen LogP contribution < -0.4 is 0 Å².